The number of nitrogen functional groups attached to an aromatic ring is 1. The molecule has 0 atom stereocenters. The van der Waals surface area contributed by atoms with Crippen molar-refractivity contribution in [1.82, 2.24) is 0 Å². The van der Waals surface area contributed by atoms with Gasteiger partial charge in [-0.05, 0) is 42.0 Å². The minimum Gasteiger partial charge on any atom is -0.508 e. The van der Waals surface area contributed by atoms with E-state index in [0.717, 1.165) is 5.56 Å². The average molecular weight is 279 g/mol. The van der Waals surface area contributed by atoms with Gasteiger partial charge in [0, 0.05) is 11.8 Å². The maximum Gasteiger partial charge on any atom is 0.193 e. The molecule has 4 heteroatoms. The van der Waals surface area contributed by atoms with Gasteiger partial charge in [0.1, 0.15) is 17.1 Å². The van der Waals surface area contributed by atoms with E-state index in [9.17, 15) is 9.90 Å². The summed E-state index contributed by atoms with van der Waals surface area (Å²) in [5.41, 5.74) is 7.53. The van der Waals surface area contributed by atoms with Crippen LogP contribution in [-0.4, -0.2) is 5.11 Å². The first kappa shape index (κ1) is 13.0. The smallest absolute Gasteiger partial charge is 0.193 e. The lowest BCUT2D eigenvalue weighted by molar-refractivity contribution is 0.475. The fraction of sp³-hybridized carbons (Fsp3) is 0. The largest absolute Gasteiger partial charge is 0.508 e. The standard InChI is InChI=1S/C17H13NO3/c18-12-4-1-11(2-5-12)3-7-14-10-16(20)15-9-13(19)6-8-17(15)21-14/h1-10,19H,18H2/b7-3+. The van der Waals surface area contributed by atoms with E-state index < -0.39 is 0 Å². The van der Waals surface area contributed by atoms with Crippen molar-refractivity contribution < 1.29 is 9.52 Å². The number of anilines is 1. The molecule has 0 amide bonds. The molecule has 0 unspecified atom stereocenters. The number of phenolic OH excluding ortho intramolecular Hbond substituents is 1. The van der Waals surface area contributed by atoms with E-state index in [1.807, 2.05) is 18.2 Å². The number of hydrogen-bond acceptors (Lipinski definition) is 4. The molecule has 21 heavy (non-hydrogen) atoms. The second-order valence-corrected chi connectivity index (χ2v) is 4.69. The van der Waals surface area contributed by atoms with Gasteiger partial charge in [0.15, 0.2) is 5.43 Å². The Labute approximate surface area is 120 Å². The summed E-state index contributed by atoms with van der Waals surface area (Å²) in [4.78, 5) is 12.0. The maximum atomic E-state index is 12.0. The Bertz CT molecular complexity index is 877. The molecule has 0 aliphatic heterocycles. The Kier molecular flexibility index (Phi) is 3.20. The number of phenols is 1. The topological polar surface area (TPSA) is 76.5 Å². The van der Waals surface area contributed by atoms with Crippen LogP contribution in [0.1, 0.15) is 11.3 Å². The van der Waals surface area contributed by atoms with Crippen molar-refractivity contribution in [3.8, 4) is 5.75 Å². The lowest BCUT2D eigenvalue weighted by Gasteiger charge is -2.00. The lowest BCUT2D eigenvalue weighted by atomic mass is 10.1. The molecule has 3 rings (SSSR count). The Morgan fingerprint density at radius 1 is 1.00 bits per heavy atom. The van der Waals surface area contributed by atoms with Crippen LogP contribution in [0, 0.1) is 0 Å². The third-order valence-corrected chi connectivity index (χ3v) is 3.11. The molecule has 104 valence electrons. The van der Waals surface area contributed by atoms with Crippen molar-refractivity contribution in [2.24, 2.45) is 0 Å². The van der Waals surface area contributed by atoms with Crippen LogP contribution in [0.5, 0.6) is 5.75 Å². The molecule has 0 saturated carbocycles. The zero-order valence-electron chi connectivity index (χ0n) is 11.1. The van der Waals surface area contributed by atoms with E-state index in [-0.39, 0.29) is 11.2 Å². The molecule has 0 spiro atoms. The van der Waals surface area contributed by atoms with Crippen LogP contribution in [0.3, 0.4) is 0 Å². The van der Waals surface area contributed by atoms with Crippen molar-refractivity contribution in [2.75, 3.05) is 5.73 Å². The van der Waals surface area contributed by atoms with Crippen LogP contribution in [0.4, 0.5) is 5.69 Å². The summed E-state index contributed by atoms with van der Waals surface area (Å²) >= 11 is 0. The number of hydrogen-bond donors (Lipinski definition) is 2. The molecular formula is C17H13NO3. The van der Waals surface area contributed by atoms with Gasteiger partial charge >= 0.3 is 0 Å². The quantitative estimate of drug-likeness (QED) is 0.706. The molecular weight excluding hydrogens is 266 g/mol. The predicted octanol–water partition coefficient (Wildman–Crippen LogP) is 3.25. The molecule has 1 heterocycles. The zero-order valence-corrected chi connectivity index (χ0v) is 11.1. The third-order valence-electron chi connectivity index (χ3n) is 3.11. The summed E-state index contributed by atoms with van der Waals surface area (Å²) in [6, 6.07) is 13.2. The van der Waals surface area contributed by atoms with Gasteiger partial charge in [0.25, 0.3) is 0 Å². The Morgan fingerprint density at radius 3 is 2.52 bits per heavy atom. The second-order valence-electron chi connectivity index (χ2n) is 4.69. The molecule has 2 aromatic carbocycles. The zero-order chi connectivity index (χ0) is 14.8. The molecule has 0 bridgehead atoms. The van der Waals surface area contributed by atoms with Crippen molar-refractivity contribution >= 4 is 28.8 Å². The molecule has 0 fully saturated rings. The van der Waals surface area contributed by atoms with Gasteiger partial charge in [-0.2, -0.15) is 0 Å². The van der Waals surface area contributed by atoms with E-state index in [1.54, 1.807) is 24.3 Å². The number of benzene rings is 2. The van der Waals surface area contributed by atoms with E-state index in [0.29, 0.717) is 22.4 Å². The molecule has 0 aliphatic rings. The fourth-order valence-corrected chi connectivity index (χ4v) is 2.03. The summed E-state index contributed by atoms with van der Waals surface area (Å²) in [5, 5.41) is 9.75. The number of aromatic hydroxyl groups is 1. The normalized spacial score (nSPS) is 11.2. The molecule has 3 aromatic rings. The number of fused-ring (bicyclic) bond motifs is 1. The van der Waals surface area contributed by atoms with Gasteiger partial charge in [-0.15, -0.1) is 0 Å². The van der Waals surface area contributed by atoms with Gasteiger partial charge in [-0.3, -0.25) is 4.79 Å². The van der Waals surface area contributed by atoms with Gasteiger partial charge < -0.3 is 15.3 Å². The van der Waals surface area contributed by atoms with Crippen molar-refractivity contribution in [3.63, 3.8) is 0 Å². The Morgan fingerprint density at radius 2 is 1.76 bits per heavy atom. The maximum absolute atomic E-state index is 12.0. The molecule has 0 radical (unpaired) electrons. The number of rotatable bonds is 2. The first-order valence-electron chi connectivity index (χ1n) is 6.42. The van der Waals surface area contributed by atoms with Gasteiger partial charge in [-0.1, -0.05) is 18.2 Å². The fourth-order valence-electron chi connectivity index (χ4n) is 2.03. The minimum atomic E-state index is -0.191. The van der Waals surface area contributed by atoms with Crippen LogP contribution < -0.4 is 11.2 Å². The monoisotopic (exact) mass is 279 g/mol. The molecule has 0 saturated heterocycles. The van der Waals surface area contributed by atoms with E-state index >= 15 is 0 Å². The van der Waals surface area contributed by atoms with Crippen molar-refractivity contribution in [1.29, 1.82) is 0 Å². The van der Waals surface area contributed by atoms with Crippen molar-refractivity contribution in [2.45, 2.75) is 0 Å². The van der Waals surface area contributed by atoms with Crippen LogP contribution in [0.2, 0.25) is 0 Å². The first-order chi connectivity index (χ1) is 10.1. The van der Waals surface area contributed by atoms with E-state index in [4.69, 9.17) is 10.2 Å². The van der Waals surface area contributed by atoms with Crippen LogP contribution in [0.25, 0.3) is 23.1 Å². The Hall–Kier alpha value is -3.01. The molecule has 0 aliphatic carbocycles. The lowest BCUT2D eigenvalue weighted by Crippen LogP contribution is -1.99. The summed E-state index contributed by atoms with van der Waals surface area (Å²) in [5.74, 6) is 0.495. The second kappa shape index (κ2) is 5.17. The summed E-state index contributed by atoms with van der Waals surface area (Å²) in [7, 11) is 0. The summed E-state index contributed by atoms with van der Waals surface area (Å²) in [6.45, 7) is 0. The highest BCUT2D eigenvalue weighted by atomic mass is 16.3. The van der Waals surface area contributed by atoms with Gasteiger partial charge in [-0.25, -0.2) is 0 Å². The van der Waals surface area contributed by atoms with Crippen LogP contribution >= 0.6 is 0 Å². The summed E-state index contributed by atoms with van der Waals surface area (Å²) < 4.78 is 5.62. The number of nitrogens with two attached hydrogens (primary N) is 1. The summed E-state index contributed by atoms with van der Waals surface area (Å²) in [6.07, 6.45) is 3.56. The van der Waals surface area contributed by atoms with Crippen molar-refractivity contribution in [3.05, 3.63) is 70.1 Å². The third kappa shape index (κ3) is 2.79. The highest BCUT2D eigenvalue weighted by molar-refractivity contribution is 5.79. The van der Waals surface area contributed by atoms with Crippen LogP contribution in [0.15, 0.2) is 57.7 Å². The van der Waals surface area contributed by atoms with E-state index in [2.05, 4.69) is 0 Å². The minimum absolute atomic E-state index is 0.0416. The van der Waals surface area contributed by atoms with Gasteiger partial charge in [0.05, 0.1) is 5.39 Å². The average Bonchev–Trinajstić information content (AvgIpc) is 2.47. The molecule has 3 N–H and O–H groups in total. The molecule has 1 aromatic heterocycles. The highest BCUT2D eigenvalue weighted by Gasteiger charge is 2.03. The molecule has 4 nitrogen and oxygen atoms in total. The van der Waals surface area contributed by atoms with Crippen LogP contribution in [-0.2, 0) is 0 Å². The Balaban J connectivity index is 1.99. The predicted molar refractivity (Wildman–Crippen MR) is 83.9 cm³/mol. The SMILES string of the molecule is Nc1ccc(/C=C/c2cc(=O)c3cc(O)ccc3o2)cc1. The van der Waals surface area contributed by atoms with Gasteiger partial charge in [0.2, 0.25) is 0 Å². The van der Waals surface area contributed by atoms with E-state index in [1.165, 1.54) is 18.2 Å². The first-order valence-corrected chi connectivity index (χ1v) is 6.42. The highest BCUT2D eigenvalue weighted by Crippen LogP contribution is 2.19.